The van der Waals surface area contributed by atoms with Crippen molar-refractivity contribution in [1.29, 1.82) is 0 Å². The summed E-state index contributed by atoms with van der Waals surface area (Å²) in [6.07, 6.45) is 2.66. The highest BCUT2D eigenvalue weighted by atomic mass is 16.5. The topological polar surface area (TPSA) is 24.5 Å². The summed E-state index contributed by atoms with van der Waals surface area (Å²) in [4.78, 5) is 2.59. The molecule has 2 aliphatic rings. The van der Waals surface area contributed by atoms with Crippen molar-refractivity contribution in [3.8, 4) is 5.75 Å². The summed E-state index contributed by atoms with van der Waals surface area (Å²) in [6.45, 7) is 8.94. The second-order valence-corrected chi connectivity index (χ2v) is 6.44. The van der Waals surface area contributed by atoms with E-state index >= 15 is 0 Å². The van der Waals surface area contributed by atoms with Gasteiger partial charge in [-0.3, -0.25) is 0 Å². The molecule has 1 aromatic carbocycles. The van der Waals surface area contributed by atoms with Crippen LogP contribution in [-0.2, 0) is 0 Å². The summed E-state index contributed by atoms with van der Waals surface area (Å²) in [5, 5.41) is 3.78. The van der Waals surface area contributed by atoms with Gasteiger partial charge in [0.05, 0.1) is 0 Å². The molecule has 110 valence electrons. The maximum atomic E-state index is 5.87. The zero-order chi connectivity index (χ0) is 13.9. The van der Waals surface area contributed by atoms with E-state index in [2.05, 4.69) is 48.3 Å². The molecule has 0 radical (unpaired) electrons. The minimum absolute atomic E-state index is 0.411. The molecule has 0 aliphatic carbocycles. The van der Waals surface area contributed by atoms with Gasteiger partial charge in [-0.1, -0.05) is 17.7 Å². The van der Waals surface area contributed by atoms with Crippen molar-refractivity contribution in [2.45, 2.75) is 38.8 Å². The van der Waals surface area contributed by atoms with E-state index in [9.17, 15) is 0 Å². The van der Waals surface area contributed by atoms with Crippen LogP contribution >= 0.6 is 0 Å². The highest BCUT2D eigenvalue weighted by molar-refractivity contribution is 5.26. The fourth-order valence-corrected chi connectivity index (χ4v) is 3.44. The van der Waals surface area contributed by atoms with E-state index in [1.807, 2.05) is 0 Å². The number of nitrogens with one attached hydrogen (secondary N) is 1. The Labute approximate surface area is 122 Å². The van der Waals surface area contributed by atoms with Gasteiger partial charge in [-0.25, -0.2) is 0 Å². The van der Waals surface area contributed by atoms with E-state index in [-0.39, 0.29) is 0 Å². The first-order chi connectivity index (χ1) is 9.70. The number of benzene rings is 1. The Morgan fingerprint density at radius 1 is 1.25 bits per heavy atom. The van der Waals surface area contributed by atoms with Crippen LogP contribution in [0, 0.1) is 12.8 Å². The number of aryl methyl sites for hydroxylation is 1. The summed E-state index contributed by atoms with van der Waals surface area (Å²) in [5.74, 6) is 1.82. The quantitative estimate of drug-likeness (QED) is 0.892. The first kappa shape index (κ1) is 13.9. The van der Waals surface area contributed by atoms with E-state index in [0.717, 1.165) is 18.3 Å². The number of hydrogen-bond donors (Lipinski definition) is 1. The van der Waals surface area contributed by atoms with Crippen LogP contribution in [0.5, 0.6) is 5.75 Å². The molecule has 0 aromatic heterocycles. The van der Waals surface area contributed by atoms with E-state index in [1.165, 1.54) is 38.0 Å². The average molecular weight is 274 g/mol. The van der Waals surface area contributed by atoms with E-state index in [0.29, 0.717) is 12.1 Å². The summed E-state index contributed by atoms with van der Waals surface area (Å²) in [6, 6.07) is 9.40. The Morgan fingerprint density at radius 2 is 2.00 bits per heavy atom. The molecule has 0 saturated carbocycles. The van der Waals surface area contributed by atoms with Crippen LogP contribution in [0.2, 0.25) is 0 Å². The van der Waals surface area contributed by atoms with Crippen molar-refractivity contribution in [3.63, 3.8) is 0 Å². The molecule has 2 bridgehead atoms. The van der Waals surface area contributed by atoms with Crippen molar-refractivity contribution in [2.75, 3.05) is 26.2 Å². The van der Waals surface area contributed by atoms with Crippen LogP contribution in [0.1, 0.15) is 25.3 Å². The molecule has 0 amide bonds. The second kappa shape index (κ2) is 6.15. The fourth-order valence-electron chi connectivity index (χ4n) is 3.44. The molecule has 1 aromatic rings. The SMILES string of the molecule is Cc1ccc(OCC(C)NC2CCN3CCC2C3)cc1. The van der Waals surface area contributed by atoms with E-state index in [4.69, 9.17) is 4.74 Å². The van der Waals surface area contributed by atoms with Gasteiger partial charge in [0.25, 0.3) is 0 Å². The summed E-state index contributed by atoms with van der Waals surface area (Å²) in [7, 11) is 0. The smallest absolute Gasteiger partial charge is 0.119 e. The van der Waals surface area contributed by atoms with Crippen LogP contribution in [0.3, 0.4) is 0 Å². The molecule has 3 heteroatoms. The number of rotatable bonds is 5. The molecule has 2 fully saturated rings. The van der Waals surface area contributed by atoms with Crippen LogP contribution < -0.4 is 10.1 Å². The van der Waals surface area contributed by atoms with Crippen molar-refractivity contribution in [1.82, 2.24) is 10.2 Å². The number of nitrogens with zero attached hydrogens (tertiary/aromatic N) is 1. The molecule has 0 spiro atoms. The third kappa shape index (κ3) is 3.33. The molecular weight excluding hydrogens is 248 g/mol. The average Bonchev–Trinajstić information content (AvgIpc) is 2.84. The third-order valence-electron chi connectivity index (χ3n) is 4.65. The van der Waals surface area contributed by atoms with Gasteiger partial charge in [-0.2, -0.15) is 0 Å². The minimum atomic E-state index is 0.411. The number of ether oxygens (including phenoxy) is 1. The van der Waals surface area contributed by atoms with E-state index in [1.54, 1.807) is 0 Å². The molecule has 3 rings (SSSR count). The Morgan fingerprint density at radius 3 is 2.80 bits per heavy atom. The molecule has 4 unspecified atom stereocenters. The van der Waals surface area contributed by atoms with Crippen molar-refractivity contribution < 1.29 is 4.74 Å². The predicted octanol–water partition coefficient (Wildman–Crippen LogP) is 2.45. The summed E-state index contributed by atoms with van der Waals surface area (Å²) >= 11 is 0. The maximum absolute atomic E-state index is 5.87. The second-order valence-electron chi connectivity index (χ2n) is 6.44. The van der Waals surface area contributed by atoms with Gasteiger partial charge < -0.3 is 15.0 Å². The third-order valence-corrected chi connectivity index (χ3v) is 4.65. The molecular formula is C17H26N2O. The van der Waals surface area contributed by atoms with Gasteiger partial charge in [0, 0.05) is 18.6 Å². The van der Waals surface area contributed by atoms with Gasteiger partial charge >= 0.3 is 0 Å². The number of hydrogen-bond acceptors (Lipinski definition) is 3. The molecule has 2 saturated heterocycles. The lowest BCUT2D eigenvalue weighted by molar-refractivity contribution is 0.191. The lowest BCUT2D eigenvalue weighted by Gasteiger charge is -2.33. The van der Waals surface area contributed by atoms with Crippen LogP contribution in [0.25, 0.3) is 0 Å². The van der Waals surface area contributed by atoms with Gasteiger partial charge in [-0.15, -0.1) is 0 Å². The van der Waals surface area contributed by atoms with Gasteiger partial charge in [0.1, 0.15) is 12.4 Å². The molecule has 3 nitrogen and oxygen atoms in total. The molecule has 2 heterocycles. The lowest BCUT2D eigenvalue weighted by Crippen LogP contribution is -2.48. The maximum Gasteiger partial charge on any atom is 0.119 e. The Balaban J connectivity index is 1.45. The molecule has 1 N–H and O–H groups in total. The van der Waals surface area contributed by atoms with Gasteiger partial charge in [0.15, 0.2) is 0 Å². The lowest BCUT2D eigenvalue weighted by atomic mass is 9.93. The van der Waals surface area contributed by atoms with Crippen LogP contribution in [-0.4, -0.2) is 43.2 Å². The van der Waals surface area contributed by atoms with Crippen molar-refractivity contribution >= 4 is 0 Å². The summed E-state index contributed by atoms with van der Waals surface area (Å²) < 4.78 is 5.87. The van der Waals surface area contributed by atoms with Crippen LogP contribution in [0.4, 0.5) is 0 Å². The zero-order valence-electron chi connectivity index (χ0n) is 12.6. The fraction of sp³-hybridized carbons (Fsp3) is 0.647. The number of piperidine rings is 1. The monoisotopic (exact) mass is 274 g/mol. The van der Waals surface area contributed by atoms with Gasteiger partial charge in [-0.05, 0) is 57.8 Å². The largest absolute Gasteiger partial charge is 0.492 e. The van der Waals surface area contributed by atoms with Crippen molar-refractivity contribution in [3.05, 3.63) is 29.8 Å². The normalized spacial score (nSPS) is 30.2. The van der Waals surface area contributed by atoms with Crippen LogP contribution in [0.15, 0.2) is 24.3 Å². The molecule has 2 aliphatic heterocycles. The molecule has 4 atom stereocenters. The Bertz CT molecular complexity index is 431. The minimum Gasteiger partial charge on any atom is -0.492 e. The number of fused-ring (bicyclic) bond motifs is 2. The summed E-state index contributed by atoms with van der Waals surface area (Å²) in [5.41, 5.74) is 1.27. The standard InChI is InChI=1S/C17H26N2O/c1-13-3-5-16(6-4-13)20-12-14(2)18-17-8-10-19-9-7-15(17)11-19/h3-6,14-15,17-18H,7-12H2,1-2H3. The highest BCUT2D eigenvalue weighted by Crippen LogP contribution is 2.27. The zero-order valence-corrected chi connectivity index (χ0v) is 12.6. The predicted molar refractivity (Wildman–Crippen MR) is 82.2 cm³/mol. The Hall–Kier alpha value is -1.06. The Kier molecular flexibility index (Phi) is 4.27. The molecule has 20 heavy (non-hydrogen) atoms. The van der Waals surface area contributed by atoms with E-state index < -0.39 is 0 Å². The van der Waals surface area contributed by atoms with Gasteiger partial charge in [0.2, 0.25) is 0 Å². The first-order valence-corrected chi connectivity index (χ1v) is 7.88. The highest BCUT2D eigenvalue weighted by Gasteiger charge is 2.34. The first-order valence-electron chi connectivity index (χ1n) is 7.88. The van der Waals surface area contributed by atoms with Crippen molar-refractivity contribution in [2.24, 2.45) is 5.92 Å².